The lowest BCUT2D eigenvalue weighted by Crippen LogP contribution is -2.41. The van der Waals surface area contributed by atoms with Gasteiger partial charge in [-0.05, 0) is 32.4 Å². The van der Waals surface area contributed by atoms with Crippen LogP contribution in [-0.2, 0) is 16.1 Å². The molecule has 126 valence electrons. The molecule has 0 fully saturated rings. The number of hydrogen-bond acceptors (Lipinski definition) is 6. The van der Waals surface area contributed by atoms with E-state index in [1.165, 1.54) is 6.92 Å². The first-order valence-electron chi connectivity index (χ1n) is 7.45. The zero-order valence-electron chi connectivity index (χ0n) is 13.8. The fourth-order valence-corrected chi connectivity index (χ4v) is 1.92. The third-order valence-corrected chi connectivity index (χ3v) is 3.05. The zero-order chi connectivity index (χ0) is 17.5. The van der Waals surface area contributed by atoms with Crippen LogP contribution in [0.25, 0.3) is 0 Å². The van der Waals surface area contributed by atoms with Crippen molar-refractivity contribution < 1.29 is 19.1 Å². The molecule has 0 unspecified atom stereocenters. The van der Waals surface area contributed by atoms with Crippen LogP contribution in [0.1, 0.15) is 23.9 Å². The smallest absolute Gasteiger partial charge is 0.408 e. The predicted octanol–water partition coefficient (Wildman–Crippen LogP) is 2.31. The molecule has 1 aromatic heterocycles. The molecule has 2 aromatic rings. The Bertz CT molecular complexity index is 699. The summed E-state index contributed by atoms with van der Waals surface area (Å²) in [6.07, 6.45) is -0.704. The first-order chi connectivity index (χ1) is 11.4. The van der Waals surface area contributed by atoms with Crippen LogP contribution in [-0.4, -0.2) is 28.1 Å². The number of esters is 1. The van der Waals surface area contributed by atoms with E-state index in [9.17, 15) is 9.59 Å². The van der Waals surface area contributed by atoms with E-state index in [0.717, 1.165) is 5.56 Å². The van der Waals surface area contributed by atoms with Gasteiger partial charge in [0.05, 0.1) is 0 Å². The van der Waals surface area contributed by atoms with Gasteiger partial charge in [-0.1, -0.05) is 30.3 Å². The van der Waals surface area contributed by atoms with Crippen LogP contribution in [0.15, 0.2) is 36.4 Å². The van der Waals surface area contributed by atoms with Crippen LogP contribution in [0.4, 0.5) is 4.79 Å². The van der Waals surface area contributed by atoms with E-state index in [1.807, 2.05) is 30.3 Å². The van der Waals surface area contributed by atoms with E-state index in [-0.39, 0.29) is 12.6 Å². The molecule has 0 saturated carbocycles. The van der Waals surface area contributed by atoms with Crippen LogP contribution in [0.3, 0.4) is 0 Å². The number of carbonyl (C=O) groups excluding carboxylic acids is 2. The van der Waals surface area contributed by atoms with Crippen LogP contribution >= 0.6 is 0 Å². The molecule has 1 heterocycles. The summed E-state index contributed by atoms with van der Waals surface area (Å²) in [4.78, 5) is 31.7. The normalized spacial score (nSPS) is 11.5. The maximum absolute atomic E-state index is 12.0. The minimum Gasteiger partial charge on any atom is -0.445 e. The van der Waals surface area contributed by atoms with Gasteiger partial charge in [0.1, 0.15) is 12.6 Å². The predicted molar refractivity (Wildman–Crippen MR) is 86.4 cm³/mol. The molecular formula is C17H19N3O4. The van der Waals surface area contributed by atoms with E-state index < -0.39 is 18.1 Å². The number of alkyl carbamates (subject to hydrolysis) is 1. The second-order valence-electron chi connectivity index (χ2n) is 5.28. The molecule has 2 rings (SSSR count). The van der Waals surface area contributed by atoms with Crippen LogP contribution in [0.5, 0.6) is 6.01 Å². The molecule has 0 aliphatic carbocycles. The summed E-state index contributed by atoms with van der Waals surface area (Å²) in [6, 6.07) is 10.1. The molecule has 7 heteroatoms. The van der Waals surface area contributed by atoms with Crippen molar-refractivity contribution in [1.29, 1.82) is 0 Å². The maximum atomic E-state index is 12.0. The first kappa shape index (κ1) is 17.4. The summed E-state index contributed by atoms with van der Waals surface area (Å²) in [5.41, 5.74) is 2.23. The lowest BCUT2D eigenvalue weighted by atomic mass is 10.2. The van der Waals surface area contributed by atoms with Gasteiger partial charge in [-0.15, -0.1) is 0 Å². The van der Waals surface area contributed by atoms with E-state index in [4.69, 9.17) is 9.47 Å². The van der Waals surface area contributed by atoms with Crippen molar-refractivity contribution >= 4 is 12.1 Å². The minimum atomic E-state index is -0.891. The van der Waals surface area contributed by atoms with Crippen molar-refractivity contribution in [2.24, 2.45) is 0 Å². The van der Waals surface area contributed by atoms with Gasteiger partial charge in [-0.2, -0.15) is 0 Å². The van der Waals surface area contributed by atoms with Crippen molar-refractivity contribution in [1.82, 2.24) is 15.3 Å². The Labute approximate surface area is 140 Å². The van der Waals surface area contributed by atoms with Crippen molar-refractivity contribution in [2.45, 2.75) is 33.4 Å². The molecule has 24 heavy (non-hydrogen) atoms. The molecule has 0 aliphatic rings. The maximum Gasteiger partial charge on any atom is 0.408 e. The SMILES string of the molecule is Cc1cc(C)nc(OC(=O)[C@H](C)NC(=O)OCc2ccccc2)n1. The summed E-state index contributed by atoms with van der Waals surface area (Å²) in [5, 5.41) is 2.41. The Morgan fingerprint density at radius 3 is 2.38 bits per heavy atom. The molecule has 1 atom stereocenters. The first-order valence-corrected chi connectivity index (χ1v) is 7.45. The summed E-state index contributed by atoms with van der Waals surface area (Å²) < 4.78 is 10.1. The van der Waals surface area contributed by atoms with Crippen molar-refractivity contribution in [2.75, 3.05) is 0 Å². The lowest BCUT2D eigenvalue weighted by molar-refractivity contribution is -0.136. The van der Waals surface area contributed by atoms with Gasteiger partial charge in [0.15, 0.2) is 0 Å². The Morgan fingerprint density at radius 1 is 1.12 bits per heavy atom. The summed E-state index contributed by atoms with van der Waals surface area (Å²) in [5.74, 6) is -0.670. The molecule has 0 spiro atoms. The standard InChI is InChI=1S/C17H19N3O4/c1-11-9-12(2)19-16(18-11)24-15(21)13(3)20-17(22)23-10-14-7-5-4-6-8-14/h4-9,13H,10H2,1-3H3,(H,20,22)/t13-/m0/s1. The van der Waals surface area contributed by atoms with E-state index in [0.29, 0.717) is 11.4 Å². The van der Waals surface area contributed by atoms with Crippen molar-refractivity contribution in [3.63, 3.8) is 0 Å². The largest absolute Gasteiger partial charge is 0.445 e. The highest BCUT2D eigenvalue weighted by atomic mass is 16.6. The average Bonchev–Trinajstić information content (AvgIpc) is 2.53. The number of aromatic nitrogens is 2. The highest BCUT2D eigenvalue weighted by Crippen LogP contribution is 2.07. The summed E-state index contributed by atoms with van der Waals surface area (Å²) in [7, 11) is 0. The quantitative estimate of drug-likeness (QED) is 0.847. The number of rotatable bonds is 5. The molecule has 1 N–H and O–H groups in total. The number of amides is 1. The molecular weight excluding hydrogens is 310 g/mol. The number of nitrogens with zero attached hydrogens (tertiary/aromatic N) is 2. The van der Waals surface area contributed by atoms with Crippen LogP contribution in [0, 0.1) is 13.8 Å². The van der Waals surface area contributed by atoms with E-state index in [1.54, 1.807) is 19.9 Å². The minimum absolute atomic E-state index is 0.0381. The Morgan fingerprint density at radius 2 is 1.75 bits per heavy atom. The second kappa shape index (κ2) is 8.05. The summed E-state index contributed by atoms with van der Waals surface area (Å²) in [6.45, 7) is 5.16. The highest BCUT2D eigenvalue weighted by molar-refractivity contribution is 5.82. The average molecular weight is 329 g/mol. The Kier molecular flexibility index (Phi) is 5.83. The topological polar surface area (TPSA) is 90.4 Å². The van der Waals surface area contributed by atoms with Crippen LogP contribution in [0.2, 0.25) is 0 Å². The molecule has 0 saturated heterocycles. The number of aryl methyl sites for hydroxylation is 2. The number of benzene rings is 1. The third-order valence-electron chi connectivity index (χ3n) is 3.05. The number of hydrogen-bond donors (Lipinski definition) is 1. The monoisotopic (exact) mass is 329 g/mol. The fourth-order valence-electron chi connectivity index (χ4n) is 1.92. The van der Waals surface area contributed by atoms with Gasteiger partial charge in [-0.3, -0.25) is 0 Å². The molecule has 7 nitrogen and oxygen atoms in total. The van der Waals surface area contributed by atoms with Gasteiger partial charge < -0.3 is 14.8 Å². The summed E-state index contributed by atoms with van der Waals surface area (Å²) >= 11 is 0. The number of ether oxygens (including phenoxy) is 2. The molecule has 0 bridgehead atoms. The van der Waals surface area contributed by atoms with E-state index in [2.05, 4.69) is 15.3 Å². The number of nitrogens with one attached hydrogen (secondary N) is 1. The van der Waals surface area contributed by atoms with Crippen molar-refractivity contribution in [3.8, 4) is 6.01 Å². The Hall–Kier alpha value is -2.96. The van der Waals surface area contributed by atoms with Gasteiger partial charge in [0.25, 0.3) is 0 Å². The molecule has 0 aliphatic heterocycles. The van der Waals surface area contributed by atoms with Crippen LogP contribution < -0.4 is 10.1 Å². The lowest BCUT2D eigenvalue weighted by Gasteiger charge is -2.13. The number of carbonyl (C=O) groups is 2. The zero-order valence-corrected chi connectivity index (χ0v) is 13.8. The second-order valence-corrected chi connectivity index (χ2v) is 5.28. The van der Waals surface area contributed by atoms with Gasteiger partial charge >= 0.3 is 18.1 Å². The van der Waals surface area contributed by atoms with E-state index >= 15 is 0 Å². The Balaban J connectivity index is 1.83. The molecule has 1 aromatic carbocycles. The van der Waals surface area contributed by atoms with Crippen molar-refractivity contribution in [3.05, 3.63) is 53.3 Å². The third kappa shape index (κ3) is 5.35. The van der Waals surface area contributed by atoms with Gasteiger partial charge in [0, 0.05) is 11.4 Å². The molecule has 0 radical (unpaired) electrons. The molecule has 1 amide bonds. The van der Waals surface area contributed by atoms with Gasteiger partial charge in [0.2, 0.25) is 0 Å². The van der Waals surface area contributed by atoms with Gasteiger partial charge in [-0.25, -0.2) is 19.6 Å². The fraction of sp³-hybridized carbons (Fsp3) is 0.294. The highest BCUT2D eigenvalue weighted by Gasteiger charge is 2.20.